The quantitative estimate of drug-likeness (QED) is 0.691. The molecule has 0 fully saturated rings. The molecule has 0 spiro atoms. The molecule has 0 aliphatic carbocycles. The summed E-state index contributed by atoms with van der Waals surface area (Å²) in [6, 6.07) is 6.09. The highest BCUT2D eigenvalue weighted by Crippen LogP contribution is 2.39. The molecule has 3 unspecified atom stereocenters. The van der Waals surface area contributed by atoms with Gasteiger partial charge in [-0.3, -0.25) is 0 Å². The van der Waals surface area contributed by atoms with Gasteiger partial charge in [0.15, 0.2) is 11.5 Å². The number of halogens is 1. The van der Waals surface area contributed by atoms with Crippen molar-refractivity contribution in [1.29, 1.82) is 0 Å². The Morgan fingerprint density at radius 1 is 1.19 bits per heavy atom. The summed E-state index contributed by atoms with van der Waals surface area (Å²) in [5.74, 6) is 2.62. The van der Waals surface area contributed by atoms with Gasteiger partial charge in [0.05, 0.1) is 18.6 Å². The van der Waals surface area contributed by atoms with Crippen LogP contribution in [0.15, 0.2) is 18.2 Å². The second kappa shape index (κ2) is 6.48. The molecule has 0 saturated heterocycles. The number of alkyl halides is 1. The van der Waals surface area contributed by atoms with Crippen molar-refractivity contribution in [2.45, 2.75) is 46.4 Å². The third kappa shape index (κ3) is 4.29. The molecule has 0 saturated carbocycles. The Bertz CT molecular complexity index is 479. The first-order valence-corrected chi connectivity index (χ1v) is 8.24. The molecule has 2 nitrogen and oxygen atoms in total. The van der Waals surface area contributed by atoms with Crippen molar-refractivity contribution in [1.82, 2.24) is 0 Å². The van der Waals surface area contributed by atoms with Crippen LogP contribution in [-0.2, 0) is 0 Å². The maximum atomic E-state index is 6.62. The number of ether oxygens (including phenoxy) is 2. The molecule has 1 heterocycles. The van der Waals surface area contributed by atoms with Crippen LogP contribution in [0, 0.1) is 17.3 Å². The van der Waals surface area contributed by atoms with Crippen molar-refractivity contribution in [2.24, 2.45) is 17.3 Å². The SMILES string of the molecule is CC1COc2ccc(C(Cl)CC(C)C(C)(C)C)cc2OC1. The summed E-state index contributed by atoms with van der Waals surface area (Å²) in [5.41, 5.74) is 1.39. The van der Waals surface area contributed by atoms with E-state index in [1.165, 1.54) is 0 Å². The minimum atomic E-state index is 0.00815. The molecule has 0 bridgehead atoms. The monoisotopic (exact) mass is 310 g/mol. The van der Waals surface area contributed by atoms with Crippen LogP contribution in [0.3, 0.4) is 0 Å². The number of hydrogen-bond donors (Lipinski definition) is 0. The van der Waals surface area contributed by atoms with E-state index in [4.69, 9.17) is 21.1 Å². The zero-order valence-corrected chi connectivity index (χ0v) is 14.5. The highest BCUT2D eigenvalue weighted by atomic mass is 35.5. The molecule has 2 rings (SSSR count). The van der Waals surface area contributed by atoms with Crippen LogP contribution in [0.1, 0.15) is 52.0 Å². The van der Waals surface area contributed by atoms with E-state index >= 15 is 0 Å². The van der Waals surface area contributed by atoms with Crippen molar-refractivity contribution < 1.29 is 9.47 Å². The molecular weight excluding hydrogens is 284 g/mol. The summed E-state index contributed by atoms with van der Waals surface area (Å²) in [6.07, 6.45) is 0.959. The molecule has 0 radical (unpaired) electrons. The van der Waals surface area contributed by atoms with Crippen molar-refractivity contribution in [3.63, 3.8) is 0 Å². The Hall–Kier alpha value is -0.890. The zero-order chi connectivity index (χ0) is 15.6. The van der Waals surface area contributed by atoms with Gasteiger partial charge in [0.1, 0.15) is 0 Å². The third-order valence-electron chi connectivity index (χ3n) is 4.42. The van der Waals surface area contributed by atoms with Crippen molar-refractivity contribution in [2.75, 3.05) is 13.2 Å². The zero-order valence-electron chi connectivity index (χ0n) is 13.8. The van der Waals surface area contributed by atoms with Gasteiger partial charge in [-0.1, -0.05) is 40.7 Å². The first kappa shape index (κ1) is 16.5. The lowest BCUT2D eigenvalue weighted by molar-refractivity contribution is 0.228. The highest BCUT2D eigenvalue weighted by molar-refractivity contribution is 6.20. The molecule has 118 valence electrons. The van der Waals surface area contributed by atoms with Crippen LogP contribution in [-0.4, -0.2) is 13.2 Å². The summed E-state index contributed by atoms with van der Waals surface area (Å²) in [7, 11) is 0. The van der Waals surface area contributed by atoms with Crippen LogP contribution < -0.4 is 9.47 Å². The molecule has 0 amide bonds. The normalized spacial score (nSPS) is 21.5. The molecule has 0 aromatic heterocycles. The van der Waals surface area contributed by atoms with Gasteiger partial charge in [-0.15, -0.1) is 11.6 Å². The molecule has 1 aromatic carbocycles. The van der Waals surface area contributed by atoms with Gasteiger partial charge < -0.3 is 9.47 Å². The molecule has 0 N–H and O–H groups in total. The van der Waals surface area contributed by atoms with Gasteiger partial charge in [-0.25, -0.2) is 0 Å². The minimum absolute atomic E-state index is 0.00815. The number of benzene rings is 1. The smallest absolute Gasteiger partial charge is 0.161 e. The van der Waals surface area contributed by atoms with Gasteiger partial charge in [-0.05, 0) is 35.4 Å². The van der Waals surface area contributed by atoms with E-state index < -0.39 is 0 Å². The van der Waals surface area contributed by atoms with Crippen LogP contribution in [0.4, 0.5) is 0 Å². The number of hydrogen-bond acceptors (Lipinski definition) is 2. The van der Waals surface area contributed by atoms with Crippen LogP contribution in [0.5, 0.6) is 11.5 Å². The predicted molar refractivity (Wildman–Crippen MR) is 88.4 cm³/mol. The Morgan fingerprint density at radius 2 is 1.81 bits per heavy atom. The average Bonchev–Trinajstić information content (AvgIpc) is 2.59. The average molecular weight is 311 g/mol. The lowest BCUT2D eigenvalue weighted by Gasteiger charge is -2.29. The van der Waals surface area contributed by atoms with E-state index in [-0.39, 0.29) is 10.8 Å². The molecule has 1 aromatic rings. The molecule has 1 aliphatic rings. The molecule has 3 heteroatoms. The standard InChI is InChI=1S/C18H27ClO2/c1-12-10-20-16-7-6-14(9-17(16)21-11-12)15(19)8-13(2)18(3,4)5/h6-7,9,12-13,15H,8,10-11H2,1-5H3. The summed E-state index contributed by atoms with van der Waals surface area (Å²) >= 11 is 6.62. The van der Waals surface area contributed by atoms with Gasteiger partial charge in [0.2, 0.25) is 0 Å². The van der Waals surface area contributed by atoms with Crippen LogP contribution in [0.2, 0.25) is 0 Å². The van der Waals surface area contributed by atoms with Gasteiger partial charge in [0, 0.05) is 5.92 Å². The van der Waals surface area contributed by atoms with Crippen molar-refractivity contribution in [3.05, 3.63) is 23.8 Å². The fraction of sp³-hybridized carbons (Fsp3) is 0.667. The highest BCUT2D eigenvalue weighted by Gasteiger charge is 2.24. The first-order chi connectivity index (χ1) is 9.77. The molecule has 3 atom stereocenters. The Balaban J connectivity index is 2.11. The largest absolute Gasteiger partial charge is 0.489 e. The fourth-order valence-corrected chi connectivity index (χ4v) is 2.67. The summed E-state index contributed by atoms with van der Waals surface area (Å²) in [6.45, 7) is 12.6. The lowest BCUT2D eigenvalue weighted by Crippen LogP contribution is -2.18. The summed E-state index contributed by atoms with van der Waals surface area (Å²) in [5, 5.41) is 0.00815. The molecular formula is C18H27ClO2. The summed E-state index contributed by atoms with van der Waals surface area (Å²) in [4.78, 5) is 0. The Kier molecular flexibility index (Phi) is 5.08. The van der Waals surface area contributed by atoms with Crippen LogP contribution in [0.25, 0.3) is 0 Å². The number of rotatable bonds is 3. The van der Waals surface area contributed by atoms with Gasteiger partial charge in [-0.2, -0.15) is 0 Å². The topological polar surface area (TPSA) is 18.5 Å². The van der Waals surface area contributed by atoms with E-state index in [0.717, 1.165) is 23.5 Å². The predicted octanol–water partition coefficient (Wildman–Crippen LogP) is 5.45. The summed E-state index contributed by atoms with van der Waals surface area (Å²) < 4.78 is 11.6. The maximum absolute atomic E-state index is 6.62. The van der Waals surface area contributed by atoms with Gasteiger partial charge >= 0.3 is 0 Å². The Labute approximate surface area is 133 Å². The van der Waals surface area contributed by atoms with Crippen molar-refractivity contribution >= 4 is 11.6 Å². The van der Waals surface area contributed by atoms with Crippen LogP contribution >= 0.6 is 11.6 Å². The lowest BCUT2D eigenvalue weighted by atomic mass is 9.79. The fourth-order valence-electron chi connectivity index (χ4n) is 2.26. The minimum Gasteiger partial charge on any atom is -0.489 e. The molecule has 1 aliphatic heterocycles. The first-order valence-electron chi connectivity index (χ1n) is 7.81. The number of fused-ring (bicyclic) bond motifs is 1. The van der Waals surface area contributed by atoms with E-state index in [1.807, 2.05) is 12.1 Å². The second-order valence-electron chi connectivity index (χ2n) is 7.40. The van der Waals surface area contributed by atoms with Crippen molar-refractivity contribution in [3.8, 4) is 11.5 Å². The van der Waals surface area contributed by atoms with E-state index in [0.29, 0.717) is 25.0 Å². The van der Waals surface area contributed by atoms with E-state index in [2.05, 4.69) is 40.7 Å². The Morgan fingerprint density at radius 3 is 2.43 bits per heavy atom. The van der Waals surface area contributed by atoms with E-state index in [9.17, 15) is 0 Å². The third-order valence-corrected chi connectivity index (χ3v) is 4.85. The van der Waals surface area contributed by atoms with E-state index in [1.54, 1.807) is 0 Å². The maximum Gasteiger partial charge on any atom is 0.161 e. The second-order valence-corrected chi connectivity index (χ2v) is 7.93. The van der Waals surface area contributed by atoms with Gasteiger partial charge in [0.25, 0.3) is 0 Å². The molecule has 21 heavy (non-hydrogen) atoms.